The lowest BCUT2D eigenvalue weighted by Gasteiger charge is -2.17. The Labute approximate surface area is 669 Å². The minimum atomic E-state index is 0.236. The van der Waals surface area contributed by atoms with Gasteiger partial charge in [0.1, 0.15) is 46.5 Å². The van der Waals surface area contributed by atoms with Gasteiger partial charge >= 0.3 is 0 Å². The van der Waals surface area contributed by atoms with Crippen molar-refractivity contribution in [2.75, 3.05) is 83.5 Å². The number of benzene rings is 3. The van der Waals surface area contributed by atoms with E-state index in [2.05, 4.69) is 149 Å². The first kappa shape index (κ1) is 79.3. The molecule has 4 aliphatic rings. The number of nitrogen functional groups attached to an aromatic ring is 6. The van der Waals surface area contributed by atoms with E-state index in [4.69, 9.17) is 50.9 Å². The van der Waals surface area contributed by atoms with Crippen LogP contribution in [0.15, 0.2) is 159 Å². The second-order valence-corrected chi connectivity index (χ2v) is 30.7. The first-order valence-corrected chi connectivity index (χ1v) is 40.0. The highest BCUT2D eigenvalue weighted by Gasteiger charge is 2.25. The third-order valence-corrected chi connectivity index (χ3v) is 21.6. The number of fused-ring (bicyclic) bond motifs is 6. The molecule has 30 heteroatoms. The van der Waals surface area contributed by atoms with E-state index in [0.29, 0.717) is 47.0 Å². The van der Waals surface area contributed by atoms with E-state index >= 15 is 0 Å². The van der Waals surface area contributed by atoms with Crippen molar-refractivity contribution in [3.8, 4) is 11.1 Å². The summed E-state index contributed by atoms with van der Waals surface area (Å²) in [6.07, 6.45) is 27.0. The summed E-state index contributed by atoms with van der Waals surface area (Å²) in [6.45, 7) is 17.9. The quantitative estimate of drug-likeness (QED) is 0.0430. The Morgan fingerprint density at radius 2 is 0.661 bits per heavy atom. The summed E-state index contributed by atoms with van der Waals surface area (Å²) in [7, 11) is 0. The van der Waals surface area contributed by atoms with Crippen LogP contribution in [0.25, 0.3) is 45.0 Å². The number of hydrogen-bond donors (Lipinski definition) is 10. The minimum absolute atomic E-state index is 0.236. The predicted octanol–water partition coefficient (Wildman–Crippen LogP) is 9.79. The fourth-order valence-electron chi connectivity index (χ4n) is 15.1. The zero-order valence-corrected chi connectivity index (χ0v) is 66.7. The monoisotopic (exact) mass is 1550 g/mol. The molecule has 4 aliphatic heterocycles. The number of aryl methyl sites for hydroxylation is 12. The number of nitrogens with zero attached hydrogens (tertiary/aromatic N) is 20. The van der Waals surface area contributed by atoms with Gasteiger partial charge in [-0.25, -0.2) is 29.9 Å². The molecule has 4 fully saturated rings. The summed E-state index contributed by atoms with van der Waals surface area (Å²) in [6, 6.07) is 42.9. The summed E-state index contributed by atoms with van der Waals surface area (Å²) in [5, 5.41) is 32.3. The van der Waals surface area contributed by atoms with E-state index in [9.17, 15) is 0 Å². The van der Waals surface area contributed by atoms with E-state index in [-0.39, 0.29) is 12.1 Å². The Bertz CT molecular complexity index is 5540. The van der Waals surface area contributed by atoms with E-state index in [1.807, 2.05) is 90.1 Å². The molecule has 0 spiro atoms. The van der Waals surface area contributed by atoms with Gasteiger partial charge in [-0.05, 0) is 173 Å². The van der Waals surface area contributed by atoms with Gasteiger partial charge in [0.05, 0.1) is 37.2 Å². The smallest absolute Gasteiger partial charge is 0.162 e. The molecular formula is C85H108N30. The highest BCUT2D eigenvalue weighted by Crippen LogP contribution is 2.27. The fraction of sp³-hybridized carbons (Fsp3) is 0.365. The van der Waals surface area contributed by atoms with Gasteiger partial charge in [0.25, 0.3) is 0 Å². The number of nitrogens with two attached hydrogens (primary N) is 8. The molecule has 0 radical (unpaired) electrons. The largest absolute Gasteiger partial charge is 0.384 e. The van der Waals surface area contributed by atoms with Crippen LogP contribution < -0.4 is 66.3 Å². The SMILES string of the molecule is Cc1cnn2c(N)cc(CCCc3ccccc3)nc12.Cc1cnn2c(N)cc(CC[C@@H]3CCCN3)nc12.Cc1cnn2c(N)cc(CC[C@H]3CCCN3)nc12.Cc1cnn2c(N)cc(CCc3ccc(-c4ccccc4)cc3)nc12.Cc1cnn2c(N)cc(N3CC[C@@H](N)C3)nc12.Cc1cnn2c(N)cc(N3CC[C@H](N)C3)nc12. The first-order valence-electron chi connectivity index (χ1n) is 40.0. The standard InChI is InChI=1S/C21H20N4.C16H18N4.2C13H19N5.2C11H16N6/c1-15-14-23-25-20(22)13-19(24-21(15)25)12-9-16-7-10-18(11-8-16)17-5-3-2-4-6-17;1-12-11-18-20-15(17)10-14(19-16(12)20)9-5-8-13-6-3-2-4-7-13;2*1-9-8-16-18-12(14)7-11(17-13(9)18)5-4-10-3-2-6-15-10;2*1-7-5-14-17-9(13)4-10(15-11(7)17)16-3-2-8(12)6-16/h2-8,10-11,13-14H,9,12,22H2,1H3;2-4,6-7,10-11H,5,8-9,17H2,1H3;2*7-8,10,15H,2-6,14H2,1H3;2*4-5,8H,2-3,6,12-13H2,1H3/t;;2*10-;2*8-/m..1010/s1. The van der Waals surface area contributed by atoms with Crippen LogP contribution in [-0.4, -0.2) is 151 Å². The average Bonchev–Trinajstić information content (AvgIpc) is 1.68. The molecule has 115 heavy (non-hydrogen) atoms. The highest BCUT2D eigenvalue weighted by molar-refractivity contribution is 5.65. The lowest BCUT2D eigenvalue weighted by molar-refractivity contribution is 0.555. The van der Waals surface area contributed by atoms with Crippen LogP contribution in [0.5, 0.6) is 0 Å². The van der Waals surface area contributed by atoms with Gasteiger partial charge in [0, 0.05) is 143 Å². The van der Waals surface area contributed by atoms with Crippen molar-refractivity contribution in [1.82, 2.24) is 98.2 Å². The molecule has 12 aromatic heterocycles. The molecule has 598 valence electrons. The van der Waals surface area contributed by atoms with Crippen LogP contribution in [0.2, 0.25) is 0 Å². The second-order valence-electron chi connectivity index (χ2n) is 30.7. The van der Waals surface area contributed by atoms with Crippen molar-refractivity contribution in [3.05, 3.63) is 226 Å². The molecule has 15 aromatic rings. The fourth-order valence-corrected chi connectivity index (χ4v) is 15.1. The molecule has 18 N–H and O–H groups in total. The van der Waals surface area contributed by atoms with Gasteiger partial charge < -0.3 is 66.3 Å². The molecular weight excluding hydrogens is 1440 g/mol. The van der Waals surface area contributed by atoms with Crippen molar-refractivity contribution >= 4 is 80.4 Å². The van der Waals surface area contributed by atoms with Crippen LogP contribution in [0, 0.1) is 41.5 Å². The lowest BCUT2D eigenvalue weighted by atomic mass is 10.0. The Balaban J connectivity index is 0.000000115. The molecule has 0 aliphatic carbocycles. The maximum atomic E-state index is 6.08. The Kier molecular flexibility index (Phi) is 24.9. The van der Waals surface area contributed by atoms with Gasteiger partial charge in [0.2, 0.25) is 0 Å². The molecule has 0 unspecified atom stereocenters. The Morgan fingerprint density at radius 3 is 1.01 bits per heavy atom. The maximum absolute atomic E-state index is 6.08. The number of aromatic nitrogens is 18. The van der Waals surface area contributed by atoms with Crippen molar-refractivity contribution in [3.63, 3.8) is 0 Å². The Morgan fingerprint density at radius 1 is 0.339 bits per heavy atom. The first-order chi connectivity index (χ1) is 55.7. The maximum Gasteiger partial charge on any atom is 0.162 e. The Hall–Kier alpha value is -12.4. The van der Waals surface area contributed by atoms with E-state index in [0.717, 1.165) is 212 Å². The normalized spacial score (nSPS) is 16.5. The van der Waals surface area contributed by atoms with Crippen LogP contribution in [-0.2, 0) is 38.5 Å². The molecule has 0 amide bonds. The second kappa shape index (κ2) is 36.2. The van der Waals surface area contributed by atoms with Gasteiger partial charge in [-0.1, -0.05) is 84.9 Å². The zero-order chi connectivity index (χ0) is 80.2. The summed E-state index contributed by atoms with van der Waals surface area (Å²) < 4.78 is 10.1. The van der Waals surface area contributed by atoms with Gasteiger partial charge in [-0.2, -0.15) is 57.7 Å². The van der Waals surface area contributed by atoms with Crippen LogP contribution in [0.1, 0.15) is 125 Å². The third-order valence-electron chi connectivity index (χ3n) is 21.6. The average molecular weight is 1550 g/mol. The summed E-state index contributed by atoms with van der Waals surface area (Å²) >= 11 is 0. The van der Waals surface area contributed by atoms with Crippen LogP contribution in [0.4, 0.5) is 46.5 Å². The minimum Gasteiger partial charge on any atom is -0.384 e. The molecule has 3 aromatic carbocycles. The van der Waals surface area contributed by atoms with Crippen molar-refractivity contribution < 1.29 is 0 Å². The molecule has 16 heterocycles. The zero-order valence-electron chi connectivity index (χ0n) is 66.7. The highest BCUT2D eigenvalue weighted by atomic mass is 15.3. The number of hydrogen-bond acceptors (Lipinski definition) is 24. The van der Waals surface area contributed by atoms with Crippen LogP contribution >= 0.6 is 0 Å². The molecule has 0 bridgehead atoms. The van der Waals surface area contributed by atoms with Crippen molar-refractivity contribution in [2.24, 2.45) is 11.5 Å². The van der Waals surface area contributed by atoms with Gasteiger partial charge in [0.15, 0.2) is 33.9 Å². The summed E-state index contributed by atoms with van der Waals surface area (Å²) in [5.74, 6) is 5.63. The van der Waals surface area contributed by atoms with Gasteiger partial charge in [-0.15, -0.1) is 0 Å². The molecule has 4 atom stereocenters. The molecule has 19 rings (SSSR count). The topological polar surface area (TPSA) is 420 Å². The summed E-state index contributed by atoms with van der Waals surface area (Å²) in [5.41, 5.74) is 68.6. The molecule has 0 saturated carbocycles. The van der Waals surface area contributed by atoms with Gasteiger partial charge in [-0.3, -0.25) is 0 Å². The predicted molar refractivity (Wildman–Crippen MR) is 459 cm³/mol. The van der Waals surface area contributed by atoms with Crippen molar-refractivity contribution in [1.29, 1.82) is 0 Å². The number of nitrogens with one attached hydrogen (secondary N) is 2. The van der Waals surface area contributed by atoms with E-state index < -0.39 is 0 Å². The lowest BCUT2D eigenvalue weighted by Crippen LogP contribution is -2.27. The molecule has 30 nitrogen and oxygen atoms in total. The van der Waals surface area contributed by atoms with E-state index in [1.54, 1.807) is 64.3 Å². The number of rotatable bonds is 16. The van der Waals surface area contributed by atoms with Crippen molar-refractivity contribution in [2.45, 2.75) is 162 Å². The van der Waals surface area contributed by atoms with E-state index in [1.165, 1.54) is 47.9 Å². The summed E-state index contributed by atoms with van der Waals surface area (Å²) in [4.78, 5) is 32.2. The molecule has 4 saturated heterocycles. The third kappa shape index (κ3) is 19.3. The number of anilines is 8. The van der Waals surface area contributed by atoms with Crippen LogP contribution in [0.3, 0.4) is 0 Å².